The lowest BCUT2D eigenvalue weighted by molar-refractivity contribution is 0.224. The van der Waals surface area contributed by atoms with Crippen molar-refractivity contribution in [1.29, 1.82) is 0 Å². The van der Waals surface area contributed by atoms with Crippen LogP contribution in [0, 0.1) is 0 Å². The first-order chi connectivity index (χ1) is 9.96. The van der Waals surface area contributed by atoms with Crippen LogP contribution in [0.4, 0.5) is 5.69 Å². The minimum atomic E-state index is -0.569. The molecule has 1 unspecified atom stereocenters. The molecule has 2 N–H and O–H groups in total. The van der Waals surface area contributed by atoms with Crippen LogP contribution >= 0.6 is 11.6 Å². The lowest BCUT2D eigenvalue weighted by Crippen LogP contribution is -2.36. The molecule has 2 aromatic rings. The van der Waals surface area contributed by atoms with Crippen molar-refractivity contribution in [3.63, 3.8) is 0 Å². The van der Waals surface area contributed by atoms with Crippen LogP contribution in [0.25, 0.3) is 0 Å². The lowest BCUT2D eigenvalue weighted by atomic mass is 9.90. The average molecular weight is 304 g/mol. The number of halogens is 1. The van der Waals surface area contributed by atoms with Crippen LogP contribution in [-0.2, 0) is 5.54 Å². The van der Waals surface area contributed by atoms with Crippen LogP contribution in [0.15, 0.2) is 48.5 Å². The summed E-state index contributed by atoms with van der Waals surface area (Å²) in [5.74, 6) is 0.496. The van der Waals surface area contributed by atoms with Gasteiger partial charge in [0.1, 0.15) is 0 Å². The predicted molar refractivity (Wildman–Crippen MR) is 90.0 cm³/mol. The van der Waals surface area contributed by atoms with Gasteiger partial charge in [-0.25, -0.2) is 0 Å². The Hall–Kier alpha value is -1.51. The van der Waals surface area contributed by atoms with Gasteiger partial charge in [-0.3, -0.25) is 0 Å². The molecule has 0 saturated carbocycles. The zero-order valence-corrected chi connectivity index (χ0v) is 13.5. The van der Waals surface area contributed by atoms with E-state index in [2.05, 4.69) is 43.4 Å². The lowest BCUT2D eigenvalue weighted by Gasteiger charge is -2.31. The highest BCUT2D eigenvalue weighted by Crippen LogP contribution is 2.30. The van der Waals surface area contributed by atoms with Crippen molar-refractivity contribution in [1.82, 2.24) is 0 Å². The number of rotatable bonds is 5. The van der Waals surface area contributed by atoms with Gasteiger partial charge in [0, 0.05) is 0 Å². The van der Waals surface area contributed by atoms with Crippen molar-refractivity contribution >= 4 is 17.3 Å². The molecule has 0 fully saturated rings. The zero-order chi connectivity index (χ0) is 15.5. The third-order valence-electron chi connectivity index (χ3n) is 3.82. The van der Waals surface area contributed by atoms with Gasteiger partial charge in [0.05, 0.1) is 22.9 Å². The standard InChI is InChI=1S/C18H22ClNO/c1-13(2)14-8-10-15(11-9-14)18(3,12-21)20-17-7-5-4-6-16(17)19/h4-11,13,20-21H,12H2,1-3H3. The first-order valence-electron chi connectivity index (χ1n) is 7.20. The largest absolute Gasteiger partial charge is 0.394 e. The van der Waals surface area contributed by atoms with Gasteiger partial charge in [-0.2, -0.15) is 0 Å². The Balaban J connectivity index is 2.30. The molecule has 0 aliphatic rings. The summed E-state index contributed by atoms with van der Waals surface area (Å²) >= 11 is 6.20. The molecule has 2 aromatic carbocycles. The fourth-order valence-electron chi connectivity index (χ4n) is 2.30. The Kier molecular flexibility index (Phi) is 4.92. The number of nitrogens with one attached hydrogen (secondary N) is 1. The van der Waals surface area contributed by atoms with Crippen LogP contribution in [0.2, 0.25) is 5.02 Å². The fraction of sp³-hybridized carbons (Fsp3) is 0.333. The second kappa shape index (κ2) is 6.50. The molecule has 0 aliphatic carbocycles. The Morgan fingerprint density at radius 3 is 2.24 bits per heavy atom. The number of hydrogen-bond donors (Lipinski definition) is 2. The maximum atomic E-state index is 9.86. The number of benzene rings is 2. The van der Waals surface area contributed by atoms with E-state index in [0.29, 0.717) is 10.9 Å². The van der Waals surface area contributed by atoms with E-state index in [0.717, 1.165) is 11.3 Å². The van der Waals surface area contributed by atoms with Crippen LogP contribution in [-0.4, -0.2) is 11.7 Å². The smallest absolute Gasteiger partial charge is 0.0828 e. The summed E-state index contributed by atoms with van der Waals surface area (Å²) in [4.78, 5) is 0. The second-order valence-electron chi connectivity index (χ2n) is 5.87. The van der Waals surface area contributed by atoms with Crippen molar-refractivity contribution < 1.29 is 5.11 Å². The highest BCUT2D eigenvalue weighted by molar-refractivity contribution is 6.33. The first-order valence-corrected chi connectivity index (χ1v) is 7.58. The SMILES string of the molecule is CC(C)c1ccc(C(C)(CO)Nc2ccccc2Cl)cc1. The molecule has 3 heteroatoms. The van der Waals surface area contributed by atoms with Gasteiger partial charge in [0.25, 0.3) is 0 Å². The van der Waals surface area contributed by atoms with Crippen LogP contribution < -0.4 is 5.32 Å². The molecule has 2 rings (SSSR count). The van der Waals surface area contributed by atoms with Crippen LogP contribution in [0.1, 0.15) is 37.8 Å². The molecule has 0 bridgehead atoms. The van der Waals surface area contributed by atoms with Crippen molar-refractivity contribution in [3.8, 4) is 0 Å². The number of aliphatic hydroxyl groups excluding tert-OH is 1. The molecule has 112 valence electrons. The molecule has 0 aliphatic heterocycles. The average Bonchev–Trinajstić information content (AvgIpc) is 2.49. The molecule has 0 heterocycles. The number of anilines is 1. The van der Waals surface area contributed by atoms with Gasteiger partial charge in [-0.05, 0) is 36.1 Å². The summed E-state index contributed by atoms with van der Waals surface area (Å²) in [7, 11) is 0. The molecular weight excluding hydrogens is 282 g/mol. The molecule has 0 aromatic heterocycles. The van der Waals surface area contributed by atoms with E-state index in [1.807, 2.05) is 31.2 Å². The van der Waals surface area contributed by atoms with Crippen LogP contribution in [0.3, 0.4) is 0 Å². The quantitative estimate of drug-likeness (QED) is 0.833. The Labute approximate surface area is 131 Å². The summed E-state index contributed by atoms with van der Waals surface area (Å²) in [6.45, 7) is 6.30. The highest BCUT2D eigenvalue weighted by Gasteiger charge is 2.26. The summed E-state index contributed by atoms with van der Waals surface area (Å²) in [6.07, 6.45) is 0. The van der Waals surface area contributed by atoms with E-state index in [1.54, 1.807) is 0 Å². The van der Waals surface area contributed by atoms with Gasteiger partial charge in [-0.15, -0.1) is 0 Å². The van der Waals surface area contributed by atoms with Gasteiger partial charge < -0.3 is 10.4 Å². The van der Waals surface area contributed by atoms with Crippen molar-refractivity contribution in [2.75, 3.05) is 11.9 Å². The second-order valence-corrected chi connectivity index (χ2v) is 6.28. The highest BCUT2D eigenvalue weighted by atomic mass is 35.5. The fourth-order valence-corrected chi connectivity index (χ4v) is 2.48. The van der Waals surface area contributed by atoms with Gasteiger partial charge in [-0.1, -0.05) is 61.8 Å². The number of aliphatic hydroxyl groups is 1. The van der Waals surface area contributed by atoms with E-state index in [4.69, 9.17) is 11.6 Å². The molecule has 2 nitrogen and oxygen atoms in total. The van der Waals surface area contributed by atoms with Crippen molar-refractivity contribution in [2.24, 2.45) is 0 Å². The van der Waals surface area contributed by atoms with E-state index >= 15 is 0 Å². The first kappa shape index (κ1) is 15.9. The van der Waals surface area contributed by atoms with Gasteiger partial charge in [0.2, 0.25) is 0 Å². The molecule has 0 amide bonds. The Morgan fingerprint density at radius 1 is 1.10 bits per heavy atom. The molecular formula is C18H22ClNO. The van der Waals surface area contributed by atoms with E-state index in [1.165, 1.54) is 5.56 Å². The summed E-state index contributed by atoms with van der Waals surface area (Å²) in [5, 5.41) is 13.9. The summed E-state index contributed by atoms with van der Waals surface area (Å²) in [6, 6.07) is 15.9. The van der Waals surface area contributed by atoms with E-state index in [-0.39, 0.29) is 6.61 Å². The molecule has 0 radical (unpaired) electrons. The van der Waals surface area contributed by atoms with Gasteiger partial charge in [0.15, 0.2) is 0 Å². The summed E-state index contributed by atoms with van der Waals surface area (Å²) < 4.78 is 0. The maximum absolute atomic E-state index is 9.86. The third kappa shape index (κ3) is 3.58. The molecule has 21 heavy (non-hydrogen) atoms. The summed E-state index contributed by atoms with van der Waals surface area (Å²) in [5.41, 5.74) is 2.58. The molecule has 0 spiro atoms. The van der Waals surface area contributed by atoms with Crippen LogP contribution in [0.5, 0.6) is 0 Å². The zero-order valence-electron chi connectivity index (χ0n) is 12.7. The minimum Gasteiger partial charge on any atom is -0.394 e. The topological polar surface area (TPSA) is 32.3 Å². The normalized spacial score (nSPS) is 14.0. The minimum absolute atomic E-state index is 0.0146. The van der Waals surface area contributed by atoms with E-state index < -0.39 is 5.54 Å². The predicted octanol–water partition coefficient (Wildman–Crippen LogP) is 4.78. The number of hydrogen-bond acceptors (Lipinski definition) is 2. The van der Waals surface area contributed by atoms with Crippen molar-refractivity contribution in [2.45, 2.75) is 32.2 Å². The number of para-hydroxylation sites is 1. The third-order valence-corrected chi connectivity index (χ3v) is 4.14. The molecule has 0 saturated heterocycles. The monoisotopic (exact) mass is 303 g/mol. The Bertz CT molecular complexity index is 594. The molecule has 1 atom stereocenters. The van der Waals surface area contributed by atoms with E-state index in [9.17, 15) is 5.11 Å². The maximum Gasteiger partial charge on any atom is 0.0828 e. The van der Waals surface area contributed by atoms with Gasteiger partial charge >= 0.3 is 0 Å². The van der Waals surface area contributed by atoms with Crippen molar-refractivity contribution in [3.05, 3.63) is 64.7 Å². The Morgan fingerprint density at radius 2 is 1.71 bits per heavy atom.